The number of benzene rings is 2. The zero-order valence-electron chi connectivity index (χ0n) is 25.6. The summed E-state index contributed by atoms with van der Waals surface area (Å²) < 4.78 is 0. The molecule has 0 aliphatic heterocycles. The van der Waals surface area contributed by atoms with Crippen LogP contribution in [0.3, 0.4) is 0 Å². The molecule has 2 heterocycles. The van der Waals surface area contributed by atoms with Crippen LogP contribution in [0.5, 0.6) is 0 Å². The van der Waals surface area contributed by atoms with Crippen LogP contribution in [-0.2, 0) is 6.54 Å². The molecule has 9 heteroatoms. The average molecular weight is 600 g/mol. The van der Waals surface area contributed by atoms with Gasteiger partial charge in [0.25, 0.3) is 11.8 Å². The number of carbonyl (C=O) groups is 3. The van der Waals surface area contributed by atoms with E-state index in [1.165, 1.54) is 22.8 Å². The SMILES string of the molecule is C=C(C)c1cncc(C(=O)NCCCNC(=O)c2cccc(C=O)c2)c1.Cc1ccccc1.Cc1csc(CN(C)C)n1. The van der Waals surface area contributed by atoms with Crippen LogP contribution >= 0.6 is 11.3 Å². The van der Waals surface area contributed by atoms with Crippen molar-refractivity contribution in [1.29, 1.82) is 0 Å². The van der Waals surface area contributed by atoms with Gasteiger partial charge in [0.15, 0.2) is 0 Å². The number of aromatic nitrogens is 2. The van der Waals surface area contributed by atoms with E-state index in [1.807, 2.05) is 32.0 Å². The van der Waals surface area contributed by atoms with Crippen molar-refractivity contribution in [3.05, 3.63) is 124 Å². The third kappa shape index (κ3) is 13.8. The molecular formula is C34H41N5O3S. The first kappa shape index (κ1) is 34.7. The summed E-state index contributed by atoms with van der Waals surface area (Å²) in [4.78, 5) is 45.3. The van der Waals surface area contributed by atoms with E-state index < -0.39 is 0 Å². The van der Waals surface area contributed by atoms with Crippen LogP contribution in [0.25, 0.3) is 5.57 Å². The van der Waals surface area contributed by atoms with Gasteiger partial charge in [0.1, 0.15) is 11.3 Å². The van der Waals surface area contributed by atoms with Crippen LogP contribution in [0, 0.1) is 13.8 Å². The van der Waals surface area contributed by atoms with E-state index in [0.717, 1.165) is 23.4 Å². The van der Waals surface area contributed by atoms with Gasteiger partial charge in [-0.1, -0.05) is 54.6 Å². The number of hydrogen-bond donors (Lipinski definition) is 2. The minimum atomic E-state index is -0.251. The first-order valence-electron chi connectivity index (χ1n) is 13.9. The van der Waals surface area contributed by atoms with Crippen molar-refractivity contribution in [2.75, 3.05) is 27.2 Å². The monoisotopic (exact) mass is 599 g/mol. The summed E-state index contributed by atoms with van der Waals surface area (Å²) in [6.07, 6.45) is 4.44. The lowest BCUT2D eigenvalue weighted by molar-refractivity contribution is 0.0951. The van der Waals surface area contributed by atoms with Crippen LogP contribution in [0.4, 0.5) is 0 Å². The molecule has 0 bridgehead atoms. The summed E-state index contributed by atoms with van der Waals surface area (Å²) in [6.45, 7) is 11.6. The number of amides is 2. The molecule has 43 heavy (non-hydrogen) atoms. The maximum Gasteiger partial charge on any atom is 0.252 e. The van der Waals surface area contributed by atoms with Gasteiger partial charge in [-0.25, -0.2) is 4.98 Å². The first-order valence-corrected chi connectivity index (χ1v) is 14.8. The zero-order valence-corrected chi connectivity index (χ0v) is 26.4. The van der Waals surface area contributed by atoms with Crippen molar-refractivity contribution in [2.24, 2.45) is 0 Å². The molecule has 0 radical (unpaired) electrons. The van der Waals surface area contributed by atoms with Crippen molar-refractivity contribution >= 4 is 35.0 Å². The molecule has 0 fully saturated rings. The van der Waals surface area contributed by atoms with E-state index in [2.05, 4.69) is 70.6 Å². The smallest absolute Gasteiger partial charge is 0.252 e. The Labute approximate surface area is 258 Å². The molecule has 0 atom stereocenters. The van der Waals surface area contributed by atoms with Crippen LogP contribution in [0.15, 0.2) is 85.0 Å². The van der Waals surface area contributed by atoms with Gasteiger partial charge >= 0.3 is 0 Å². The number of nitrogens with one attached hydrogen (secondary N) is 2. The van der Waals surface area contributed by atoms with Gasteiger partial charge in [0.2, 0.25) is 0 Å². The number of carbonyl (C=O) groups excluding carboxylic acids is 3. The average Bonchev–Trinajstić information content (AvgIpc) is 3.41. The lowest BCUT2D eigenvalue weighted by Gasteiger charge is -2.08. The molecule has 2 amide bonds. The molecule has 0 spiro atoms. The lowest BCUT2D eigenvalue weighted by atomic mass is 10.1. The normalized spacial score (nSPS) is 10.0. The molecule has 4 aromatic rings. The summed E-state index contributed by atoms with van der Waals surface area (Å²) in [6, 6.07) is 18.5. The second-order valence-corrected chi connectivity index (χ2v) is 11.1. The number of pyridine rings is 1. The number of nitrogens with zero attached hydrogens (tertiary/aromatic N) is 3. The predicted octanol–water partition coefficient (Wildman–Crippen LogP) is 5.99. The number of thiazole rings is 1. The summed E-state index contributed by atoms with van der Waals surface area (Å²) in [5, 5.41) is 8.83. The van der Waals surface area contributed by atoms with Crippen LogP contribution in [0.2, 0.25) is 0 Å². The highest BCUT2D eigenvalue weighted by atomic mass is 32.1. The lowest BCUT2D eigenvalue weighted by Crippen LogP contribution is -2.30. The van der Waals surface area contributed by atoms with Gasteiger partial charge in [0.05, 0.1) is 5.56 Å². The molecule has 0 unspecified atom stereocenters. The van der Waals surface area contributed by atoms with E-state index in [0.29, 0.717) is 42.5 Å². The van der Waals surface area contributed by atoms with E-state index in [1.54, 1.807) is 41.8 Å². The predicted molar refractivity (Wildman–Crippen MR) is 175 cm³/mol. The fourth-order valence-electron chi connectivity index (χ4n) is 3.53. The molecule has 0 saturated heterocycles. The highest BCUT2D eigenvalue weighted by Crippen LogP contribution is 2.12. The van der Waals surface area contributed by atoms with Gasteiger partial charge in [-0.3, -0.25) is 19.4 Å². The van der Waals surface area contributed by atoms with Gasteiger partial charge in [-0.05, 0) is 70.6 Å². The number of aryl methyl sites for hydroxylation is 2. The molecule has 2 aromatic heterocycles. The van der Waals surface area contributed by atoms with Gasteiger partial charge in [-0.15, -0.1) is 11.3 Å². The van der Waals surface area contributed by atoms with Crippen LogP contribution < -0.4 is 10.6 Å². The Morgan fingerprint density at radius 1 is 0.907 bits per heavy atom. The first-order chi connectivity index (χ1) is 20.6. The molecule has 2 aromatic carbocycles. The van der Waals surface area contributed by atoms with Crippen LogP contribution in [-0.4, -0.2) is 60.2 Å². The topological polar surface area (TPSA) is 104 Å². The molecule has 2 N–H and O–H groups in total. The van der Waals surface area contributed by atoms with Crippen molar-refractivity contribution in [2.45, 2.75) is 33.7 Å². The Kier molecular flexibility index (Phi) is 15.2. The Morgan fingerprint density at radius 2 is 1.56 bits per heavy atom. The number of aldehydes is 1. The molecule has 4 rings (SSSR count). The van der Waals surface area contributed by atoms with Gasteiger partial charge in [0, 0.05) is 54.2 Å². The van der Waals surface area contributed by atoms with E-state index in [9.17, 15) is 14.4 Å². The molecule has 0 saturated carbocycles. The van der Waals surface area contributed by atoms with Crippen molar-refractivity contribution < 1.29 is 14.4 Å². The van der Waals surface area contributed by atoms with Gasteiger partial charge < -0.3 is 15.5 Å². The maximum absolute atomic E-state index is 12.1. The van der Waals surface area contributed by atoms with E-state index in [-0.39, 0.29) is 11.8 Å². The van der Waals surface area contributed by atoms with Crippen LogP contribution in [0.1, 0.15) is 66.2 Å². The highest BCUT2D eigenvalue weighted by molar-refractivity contribution is 7.09. The Hall–Kier alpha value is -4.47. The third-order valence-electron chi connectivity index (χ3n) is 5.76. The summed E-state index contributed by atoms with van der Waals surface area (Å²) >= 11 is 1.73. The highest BCUT2D eigenvalue weighted by Gasteiger charge is 2.08. The maximum atomic E-state index is 12.1. The molecule has 226 valence electrons. The third-order valence-corrected chi connectivity index (χ3v) is 6.71. The Bertz CT molecular complexity index is 1470. The standard InChI is InChI=1S/C20H21N3O3.C7H12N2S.C7H8/c1-14(2)17-10-18(12-21-11-17)20(26)23-8-4-7-22-19(25)16-6-3-5-15(9-16)13-24;1-6-5-10-7(8-6)4-9(2)3;1-7-5-3-2-4-6-7/h3,5-6,9-13H,1,4,7-8H2,2H3,(H,22,25)(H,23,26);5H,4H2,1-3H3;2-6H,1H3. The van der Waals surface area contributed by atoms with Crippen molar-refractivity contribution in [1.82, 2.24) is 25.5 Å². The number of hydrogen-bond acceptors (Lipinski definition) is 7. The summed E-state index contributed by atoms with van der Waals surface area (Å²) in [5.74, 6) is -0.469. The van der Waals surface area contributed by atoms with E-state index in [4.69, 9.17) is 0 Å². The molecular weight excluding hydrogens is 558 g/mol. The molecule has 8 nitrogen and oxygen atoms in total. The Balaban J connectivity index is 0.000000306. The van der Waals surface area contributed by atoms with Crippen molar-refractivity contribution in [3.63, 3.8) is 0 Å². The largest absolute Gasteiger partial charge is 0.352 e. The minimum Gasteiger partial charge on any atom is -0.352 e. The minimum absolute atomic E-state index is 0.217. The quantitative estimate of drug-likeness (QED) is 0.172. The number of rotatable bonds is 10. The zero-order chi connectivity index (χ0) is 31.6. The second-order valence-electron chi connectivity index (χ2n) is 10.1. The number of allylic oxidation sites excluding steroid dienone is 1. The summed E-state index contributed by atoms with van der Waals surface area (Å²) in [7, 11) is 4.10. The van der Waals surface area contributed by atoms with E-state index >= 15 is 0 Å². The molecule has 0 aliphatic rings. The van der Waals surface area contributed by atoms with Crippen molar-refractivity contribution in [3.8, 4) is 0 Å². The summed E-state index contributed by atoms with van der Waals surface area (Å²) in [5.41, 5.74) is 5.47. The molecule has 0 aliphatic carbocycles. The second kappa shape index (κ2) is 18.9. The Morgan fingerprint density at radius 3 is 2.09 bits per heavy atom. The fraction of sp³-hybridized carbons (Fsp3) is 0.265. The van der Waals surface area contributed by atoms with Gasteiger partial charge in [-0.2, -0.15) is 0 Å². The fourth-order valence-corrected chi connectivity index (χ4v) is 4.42.